The predicted octanol–water partition coefficient (Wildman–Crippen LogP) is 2.23. The van der Waals surface area contributed by atoms with Crippen LogP contribution in [-0.2, 0) is 0 Å². The van der Waals surface area contributed by atoms with Gasteiger partial charge >= 0.3 is 0 Å². The Labute approximate surface area is 139 Å². The van der Waals surface area contributed by atoms with E-state index in [-0.39, 0.29) is 18.1 Å². The van der Waals surface area contributed by atoms with Crippen molar-refractivity contribution in [2.75, 3.05) is 13.1 Å². The van der Waals surface area contributed by atoms with Crippen LogP contribution in [0.1, 0.15) is 35.7 Å². The van der Waals surface area contributed by atoms with Crippen LogP contribution < -0.4 is 5.73 Å². The Hall–Kier alpha value is -2.09. The van der Waals surface area contributed by atoms with Gasteiger partial charge in [-0.1, -0.05) is 0 Å². The molecule has 2 N–H and O–H groups in total. The molecule has 0 aliphatic carbocycles. The number of nitrogens with zero attached hydrogens (tertiary/aromatic N) is 5. The van der Waals surface area contributed by atoms with E-state index < -0.39 is 0 Å². The average Bonchev–Trinajstić information content (AvgIpc) is 3.21. The van der Waals surface area contributed by atoms with E-state index in [0.717, 1.165) is 24.1 Å². The molecule has 3 heterocycles. The van der Waals surface area contributed by atoms with Crippen molar-refractivity contribution in [2.45, 2.75) is 38.9 Å². The first-order valence-corrected chi connectivity index (χ1v) is 8.56. The number of thiophene rings is 1. The molecule has 1 saturated heterocycles. The van der Waals surface area contributed by atoms with E-state index in [1.165, 1.54) is 0 Å². The lowest BCUT2D eigenvalue weighted by molar-refractivity contribution is 0.0791. The zero-order valence-electron chi connectivity index (χ0n) is 13.3. The average molecular weight is 332 g/mol. The summed E-state index contributed by atoms with van der Waals surface area (Å²) in [7, 11) is 0. The monoisotopic (exact) mass is 332 g/mol. The number of rotatable bonds is 4. The van der Waals surface area contributed by atoms with Gasteiger partial charge in [0.2, 0.25) is 0 Å². The minimum Gasteiger partial charge on any atom is -0.387 e. The van der Waals surface area contributed by atoms with Gasteiger partial charge in [0, 0.05) is 24.9 Å². The van der Waals surface area contributed by atoms with Crippen LogP contribution in [-0.4, -0.2) is 47.8 Å². The lowest BCUT2D eigenvalue weighted by atomic mass is 10.2. The standard InChI is InChI=1S/C15H20N6OS/c1-9-7-23-8-12(9)15(22)21-4-3-11(6-21)18-13(16)5-14-17-10(2)19-20-14/h7-8,11,14H,3-6H2,1-2H3,(H2,16,18). The number of amides is 1. The van der Waals surface area contributed by atoms with Gasteiger partial charge in [0.05, 0.1) is 17.4 Å². The predicted molar refractivity (Wildman–Crippen MR) is 91.4 cm³/mol. The van der Waals surface area contributed by atoms with Crippen LogP contribution >= 0.6 is 11.3 Å². The summed E-state index contributed by atoms with van der Waals surface area (Å²) in [6.45, 7) is 5.11. The molecule has 2 aliphatic rings. The lowest BCUT2D eigenvalue weighted by Gasteiger charge is -2.15. The molecular formula is C15H20N6OS. The van der Waals surface area contributed by atoms with E-state index in [0.29, 0.717) is 24.6 Å². The van der Waals surface area contributed by atoms with Gasteiger partial charge in [-0.15, -0.1) is 5.11 Å². The van der Waals surface area contributed by atoms with Crippen molar-refractivity contribution in [3.63, 3.8) is 0 Å². The summed E-state index contributed by atoms with van der Waals surface area (Å²) in [5.74, 6) is 1.29. The number of amidine groups is 2. The highest BCUT2D eigenvalue weighted by Gasteiger charge is 2.28. The van der Waals surface area contributed by atoms with E-state index in [4.69, 9.17) is 5.73 Å². The van der Waals surface area contributed by atoms with Crippen molar-refractivity contribution in [1.29, 1.82) is 0 Å². The van der Waals surface area contributed by atoms with Gasteiger partial charge in [-0.05, 0) is 31.2 Å². The molecule has 1 aromatic rings. The van der Waals surface area contributed by atoms with E-state index in [2.05, 4.69) is 20.2 Å². The fourth-order valence-corrected chi connectivity index (χ4v) is 3.58. The summed E-state index contributed by atoms with van der Waals surface area (Å²) in [6.07, 6.45) is 1.07. The molecule has 0 bridgehead atoms. The number of carbonyl (C=O) groups excluding carboxylic acids is 1. The summed E-state index contributed by atoms with van der Waals surface area (Å²) in [5, 5.41) is 11.8. The zero-order chi connectivity index (χ0) is 16.4. The van der Waals surface area contributed by atoms with E-state index in [9.17, 15) is 4.79 Å². The molecular weight excluding hydrogens is 312 g/mol. The first kappa shape index (κ1) is 15.8. The molecule has 1 fully saturated rings. The molecule has 0 saturated carbocycles. The Morgan fingerprint density at radius 1 is 1.48 bits per heavy atom. The first-order valence-electron chi connectivity index (χ1n) is 7.62. The normalized spacial score (nSPS) is 24.3. The largest absolute Gasteiger partial charge is 0.387 e. The molecule has 0 radical (unpaired) electrons. The highest BCUT2D eigenvalue weighted by molar-refractivity contribution is 7.08. The Bertz CT molecular complexity index is 692. The summed E-state index contributed by atoms with van der Waals surface area (Å²) >= 11 is 1.56. The third kappa shape index (κ3) is 3.64. The summed E-state index contributed by atoms with van der Waals surface area (Å²) < 4.78 is 0. The van der Waals surface area contributed by atoms with Crippen LogP contribution in [0.15, 0.2) is 31.0 Å². The smallest absolute Gasteiger partial charge is 0.255 e. The second kappa shape index (κ2) is 6.57. The molecule has 0 aromatic carbocycles. The maximum absolute atomic E-state index is 12.5. The number of aliphatic imine (C=N–C) groups is 2. The van der Waals surface area contributed by atoms with Crippen molar-refractivity contribution in [3.05, 3.63) is 21.9 Å². The molecule has 122 valence electrons. The van der Waals surface area contributed by atoms with E-state index in [1.807, 2.05) is 29.5 Å². The SMILES string of the molecule is CC1=NC(CC(N)=NC2CCN(C(=O)c3cscc3C)C2)N=N1. The molecule has 2 unspecified atom stereocenters. The Morgan fingerprint density at radius 2 is 2.30 bits per heavy atom. The van der Waals surface area contributed by atoms with Gasteiger partial charge in [0.1, 0.15) is 5.84 Å². The summed E-state index contributed by atoms with van der Waals surface area (Å²) in [4.78, 5) is 23.1. The van der Waals surface area contributed by atoms with Gasteiger partial charge in [-0.2, -0.15) is 16.5 Å². The van der Waals surface area contributed by atoms with Crippen molar-refractivity contribution in [2.24, 2.45) is 25.9 Å². The molecule has 23 heavy (non-hydrogen) atoms. The van der Waals surface area contributed by atoms with Gasteiger partial charge in [-0.25, -0.2) is 4.99 Å². The minimum absolute atomic E-state index is 0.0568. The van der Waals surface area contributed by atoms with Gasteiger partial charge < -0.3 is 10.6 Å². The highest BCUT2D eigenvalue weighted by atomic mass is 32.1. The van der Waals surface area contributed by atoms with Crippen LogP contribution in [0.25, 0.3) is 0 Å². The molecule has 2 atom stereocenters. The molecule has 2 aliphatic heterocycles. The van der Waals surface area contributed by atoms with Crippen molar-refractivity contribution < 1.29 is 4.79 Å². The molecule has 8 heteroatoms. The Kier molecular flexibility index (Phi) is 4.51. The van der Waals surface area contributed by atoms with Crippen LogP contribution in [0.2, 0.25) is 0 Å². The number of nitrogens with two attached hydrogens (primary N) is 1. The third-order valence-electron chi connectivity index (χ3n) is 3.95. The topological polar surface area (TPSA) is 95.8 Å². The Balaban J connectivity index is 1.57. The fourth-order valence-electron chi connectivity index (χ4n) is 2.76. The van der Waals surface area contributed by atoms with Crippen molar-refractivity contribution in [3.8, 4) is 0 Å². The summed E-state index contributed by atoms with van der Waals surface area (Å²) in [5.41, 5.74) is 7.83. The highest BCUT2D eigenvalue weighted by Crippen LogP contribution is 2.21. The van der Waals surface area contributed by atoms with E-state index >= 15 is 0 Å². The number of hydrogen-bond donors (Lipinski definition) is 1. The maximum atomic E-state index is 12.5. The second-order valence-electron chi connectivity index (χ2n) is 5.86. The van der Waals surface area contributed by atoms with Crippen LogP contribution in [0.5, 0.6) is 0 Å². The quantitative estimate of drug-likeness (QED) is 0.676. The second-order valence-corrected chi connectivity index (χ2v) is 6.60. The van der Waals surface area contributed by atoms with Crippen molar-refractivity contribution in [1.82, 2.24) is 4.90 Å². The number of aryl methyl sites for hydroxylation is 1. The van der Waals surface area contributed by atoms with Gasteiger partial charge in [0.25, 0.3) is 5.91 Å². The van der Waals surface area contributed by atoms with Crippen LogP contribution in [0.3, 0.4) is 0 Å². The van der Waals surface area contributed by atoms with Crippen LogP contribution in [0, 0.1) is 6.92 Å². The minimum atomic E-state index is -0.244. The third-order valence-corrected chi connectivity index (χ3v) is 4.81. The summed E-state index contributed by atoms with van der Waals surface area (Å²) in [6, 6.07) is 0.0568. The molecule has 7 nitrogen and oxygen atoms in total. The molecule has 0 spiro atoms. The number of carbonyl (C=O) groups is 1. The number of hydrogen-bond acceptors (Lipinski definition) is 6. The Morgan fingerprint density at radius 3 is 2.96 bits per heavy atom. The zero-order valence-corrected chi connectivity index (χ0v) is 14.1. The molecule has 1 aromatic heterocycles. The molecule has 1 amide bonds. The molecule has 3 rings (SSSR count). The first-order chi connectivity index (χ1) is 11.0. The number of azo groups is 1. The van der Waals surface area contributed by atoms with Gasteiger partial charge in [-0.3, -0.25) is 9.79 Å². The van der Waals surface area contributed by atoms with Gasteiger partial charge in [0.15, 0.2) is 6.17 Å². The lowest BCUT2D eigenvalue weighted by Crippen LogP contribution is -2.30. The van der Waals surface area contributed by atoms with Crippen LogP contribution in [0.4, 0.5) is 0 Å². The van der Waals surface area contributed by atoms with E-state index in [1.54, 1.807) is 11.3 Å². The maximum Gasteiger partial charge on any atom is 0.255 e. The number of likely N-dealkylation sites (tertiary alicyclic amines) is 1. The fraction of sp³-hybridized carbons (Fsp3) is 0.533. The van der Waals surface area contributed by atoms with Crippen molar-refractivity contribution >= 4 is 28.9 Å².